The Labute approximate surface area is 74.4 Å². The number of fused-ring (bicyclic) bond motifs is 1. The Balaban J connectivity index is 0.000000500. The second-order valence-corrected chi connectivity index (χ2v) is 3.01. The Morgan fingerprint density at radius 1 is 1.60 bits per heavy atom. The Bertz CT molecular complexity index is 206. The van der Waals surface area contributed by atoms with Crippen LogP contribution in [0.4, 0.5) is 0 Å². The molecule has 10 heavy (non-hydrogen) atoms. The largest absolute Gasteiger partial charge is 1.00 e. The van der Waals surface area contributed by atoms with Gasteiger partial charge < -0.3 is 17.0 Å². The lowest BCUT2D eigenvalue weighted by Crippen LogP contribution is -3.00. The molecule has 0 unspecified atom stereocenters. The first-order valence-electron chi connectivity index (χ1n) is 2.94. The number of halogens is 1. The van der Waals surface area contributed by atoms with Gasteiger partial charge in [-0.1, -0.05) is 0 Å². The summed E-state index contributed by atoms with van der Waals surface area (Å²) in [4.78, 5) is 4.19. The standard InChI is InChI=1S/C6H7N2S.BrH/c1-2-7-6-8(3-1)4-5-9-6;/h1-3H,4-5H2;1H/q+1;/p-1. The number of hydrogen-bond acceptors (Lipinski definition) is 2. The van der Waals surface area contributed by atoms with E-state index in [0.29, 0.717) is 0 Å². The molecule has 0 N–H and O–H groups in total. The van der Waals surface area contributed by atoms with Crippen LogP contribution in [0.15, 0.2) is 23.6 Å². The Kier molecular flexibility index (Phi) is 2.68. The average molecular weight is 219 g/mol. The minimum Gasteiger partial charge on any atom is -1.00 e. The van der Waals surface area contributed by atoms with Gasteiger partial charge in [-0.2, -0.15) is 0 Å². The van der Waals surface area contributed by atoms with Gasteiger partial charge in [0.2, 0.25) is 0 Å². The van der Waals surface area contributed by atoms with Crippen molar-refractivity contribution < 1.29 is 21.5 Å². The van der Waals surface area contributed by atoms with E-state index in [-0.39, 0.29) is 17.0 Å². The third-order valence-corrected chi connectivity index (χ3v) is 2.33. The van der Waals surface area contributed by atoms with Crippen molar-refractivity contribution >= 4 is 11.8 Å². The van der Waals surface area contributed by atoms with Gasteiger partial charge in [0.05, 0.1) is 6.20 Å². The molecular formula is C6H7BrN2S. The van der Waals surface area contributed by atoms with E-state index in [1.807, 2.05) is 24.0 Å². The summed E-state index contributed by atoms with van der Waals surface area (Å²) in [5.41, 5.74) is 0. The third-order valence-electron chi connectivity index (χ3n) is 1.35. The van der Waals surface area contributed by atoms with Crippen molar-refractivity contribution in [2.45, 2.75) is 11.7 Å². The molecule has 54 valence electrons. The summed E-state index contributed by atoms with van der Waals surface area (Å²) in [6.45, 7) is 1.12. The fraction of sp³-hybridized carbons (Fsp3) is 0.333. The topological polar surface area (TPSA) is 16.8 Å². The molecule has 2 nitrogen and oxygen atoms in total. The number of thioether (sulfide) groups is 1. The maximum Gasteiger partial charge on any atom is 0.359 e. The van der Waals surface area contributed by atoms with Crippen LogP contribution >= 0.6 is 11.8 Å². The number of rotatable bonds is 0. The molecule has 0 spiro atoms. The van der Waals surface area contributed by atoms with E-state index in [4.69, 9.17) is 0 Å². The van der Waals surface area contributed by atoms with E-state index in [1.54, 1.807) is 0 Å². The zero-order valence-electron chi connectivity index (χ0n) is 5.33. The van der Waals surface area contributed by atoms with Crippen molar-refractivity contribution in [3.63, 3.8) is 0 Å². The van der Waals surface area contributed by atoms with Gasteiger partial charge in [-0.15, -0.1) is 0 Å². The van der Waals surface area contributed by atoms with Crippen LogP contribution in [0.2, 0.25) is 0 Å². The summed E-state index contributed by atoms with van der Waals surface area (Å²) in [6.07, 6.45) is 3.91. The van der Waals surface area contributed by atoms with Crippen LogP contribution in [0, 0.1) is 0 Å². The summed E-state index contributed by atoms with van der Waals surface area (Å²) in [6, 6.07) is 1.97. The Morgan fingerprint density at radius 2 is 2.50 bits per heavy atom. The van der Waals surface area contributed by atoms with E-state index in [0.717, 1.165) is 11.7 Å². The highest BCUT2D eigenvalue weighted by atomic mass is 79.9. The van der Waals surface area contributed by atoms with Crippen LogP contribution in [0.5, 0.6) is 0 Å². The van der Waals surface area contributed by atoms with Crippen LogP contribution in [0.1, 0.15) is 0 Å². The van der Waals surface area contributed by atoms with Crippen molar-refractivity contribution in [2.75, 3.05) is 5.75 Å². The quantitative estimate of drug-likeness (QED) is 0.354. The van der Waals surface area contributed by atoms with Gasteiger partial charge in [-0.25, -0.2) is 4.57 Å². The predicted molar refractivity (Wildman–Crippen MR) is 35.2 cm³/mol. The zero-order valence-corrected chi connectivity index (χ0v) is 7.73. The van der Waals surface area contributed by atoms with E-state index < -0.39 is 0 Å². The van der Waals surface area contributed by atoms with Gasteiger partial charge >= 0.3 is 5.16 Å². The van der Waals surface area contributed by atoms with Crippen LogP contribution in [-0.2, 0) is 6.54 Å². The smallest absolute Gasteiger partial charge is 0.359 e. The van der Waals surface area contributed by atoms with Gasteiger partial charge in [0.1, 0.15) is 12.7 Å². The lowest BCUT2D eigenvalue weighted by atomic mass is 10.6. The second-order valence-electron chi connectivity index (χ2n) is 1.94. The molecule has 0 fully saturated rings. The molecule has 1 aromatic heterocycles. The monoisotopic (exact) mass is 218 g/mol. The van der Waals surface area contributed by atoms with Gasteiger partial charge in [0, 0.05) is 11.8 Å². The number of nitrogens with zero attached hydrogens (tertiary/aromatic N) is 2. The molecule has 2 heterocycles. The molecule has 0 amide bonds. The lowest BCUT2D eigenvalue weighted by Gasteiger charge is -1.85. The fourth-order valence-electron chi connectivity index (χ4n) is 0.913. The second kappa shape index (κ2) is 3.34. The molecule has 0 aromatic carbocycles. The molecule has 0 saturated heterocycles. The lowest BCUT2D eigenvalue weighted by molar-refractivity contribution is -0.727. The molecular weight excluding hydrogens is 212 g/mol. The summed E-state index contributed by atoms with van der Waals surface area (Å²) in [5.74, 6) is 1.18. The van der Waals surface area contributed by atoms with Gasteiger partial charge in [0.15, 0.2) is 0 Å². The van der Waals surface area contributed by atoms with Gasteiger partial charge in [-0.05, 0) is 16.7 Å². The highest BCUT2D eigenvalue weighted by Gasteiger charge is 2.17. The molecule has 0 saturated carbocycles. The number of aromatic nitrogens is 2. The Hall–Kier alpha value is -0.0900. The summed E-state index contributed by atoms with van der Waals surface area (Å²) in [7, 11) is 0. The first-order valence-corrected chi connectivity index (χ1v) is 3.92. The van der Waals surface area contributed by atoms with Crippen LogP contribution < -0.4 is 21.5 Å². The highest BCUT2D eigenvalue weighted by Crippen LogP contribution is 2.14. The SMILES string of the molecule is [Br-].c1cnc2[n+](c1)CCS2. The minimum atomic E-state index is 0. The van der Waals surface area contributed by atoms with Crippen molar-refractivity contribution in [1.82, 2.24) is 4.98 Å². The van der Waals surface area contributed by atoms with Crippen molar-refractivity contribution in [1.29, 1.82) is 0 Å². The summed E-state index contributed by atoms with van der Waals surface area (Å²) in [5, 5.41) is 1.15. The van der Waals surface area contributed by atoms with Gasteiger partial charge in [-0.3, -0.25) is 0 Å². The van der Waals surface area contributed by atoms with E-state index in [9.17, 15) is 0 Å². The summed E-state index contributed by atoms with van der Waals surface area (Å²) < 4.78 is 2.17. The molecule has 0 atom stereocenters. The molecule has 1 aliphatic heterocycles. The molecule has 1 aromatic rings. The average Bonchev–Trinajstić information content (AvgIpc) is 2.33. The van der Waals surface area contributed by atoms with Crippen molar-refractivity contribution in [2.24, 2.45) is 0 Å². The maximum absolute atomic E-state index is 4.19. The molecule has 1 aliphatic rings. The highest BCUT2D eigenvalue weighted by molar-refractivity contribution is 7.99. The number of hydrogen-bond donors (Lipinski definition) is 0. The third kappa shape index (κ3) is 1.32. The molecule has 0 bridgehead atoms. The summed E-state index contributed by atoms with van der Waals surface area (Å²) >= 11 is 1.82. The van der Waals surface area contributed by atoms with Crippen molar-refractivity contribution in [3.8, 4) is 0 Å². The van der Waals surface area contributed by atoms with Crippen LogP contribution in [-0.4, -0.2) is 10.7 Å². The molecule has 0 aliphatic carbocycles. The minimum absolute atomic E-state index is 0. The predicted octanol–water partition coefficient (Wildman–Crippen LogP) is -2.52. The zero-order chi connectivity index (χ0) is 6.10. The maximum atomic E-state index is 4.19. The van der Waals surface area contributed by atoms with Crippen LogP contribution in [0.25, 0.3) is 0 Å². The molecule has 4 heteroatoms. The van der Waals surface area contributed by atoms with Gasteiger partial charge in [0.25, 0.3) is 0 Å². The van der Waals surface area contributed by atoms with E-state index >= 15 is 0 Å². The van der Waals surface area contributed by atoms with Crippen LogP contribution in [0.3, 0.4) is 0 Å². The van der Waals surface area contributed by atoms with Crippen molar-refractivity contribution in [3.05, 3.63) is 18.5 Å². The normalized spacial score (nSPS) is 14.0. The molecule has 2 rings (SSSR count). The molecule has 0 radical (unpaired) electrons. The van der Waals surface area contributed by atoms with E-state index in [1.165, 1.54) is 5.75 Å². The van der Waals surface area contributed by atoms with E-state index in [2.05, 4.69) is 15.7 Å². The first kappa shape index (κ1) is 8.01. The number of aryl methyl sites for hydroxylation is 1. The fourth-order valence-corrected chi connectivity index (χ4v) is 1.84. The Morgan fingerprint density at radius 3 is 3.30 bits per heavy atom. The first-order chi connectivity index (χ1) is 4.47.